The number of nitrogens with two attached hydrogens (primary N) is 1. The van der Waals surface area contributed by atoms with Crippen molar-refractivity contribution >= 4 is 17.2 Å². The summed E-state index contributed by atoms with van der Waals surface area (Å²) in [6.07, 6.45) is 2.45. The highest BCUT2D eigenvalue weighted by molar-refractivity contribution is 6.04. The summed E-state index contributed by atoms with van der Waals surface area (Å²) < 4.78 is 0. The molecular formula is C19H21N3. The molecule has 0 radical (unpaired) electrons. The molecule has 1 fully saturated rings. The summed E-state index contributed by atoms with van der Waals surface area (Å²) in [5.74, 6) is 1.61. The first-order valence-electron chi connectivity index (χ1n) is 7.99. The Hall–Kier alpha value is -2.13. The molecule has 0 saturated heterocycles. The number of rotatable bonds is 3. The summed E-state index contributed by atoms with van der Waals surface area (Å²) in [6.45, 7) is 3.01. The Bertz CT molecular complexity index is 717. The Kier molecular flexibility index (Phi) is 3.23. The monoisotopic (exact) mass is 291 g/mol. The van der Waals surface area contributed by atoms with E-state index < -0.39 is 0 Å². The second-order valence-corrected chi connectivity index (χ2v) is 6.33. The first-order valence-corrected chi connectivity index (χ1v) is 7.99. The predicted molar refractivity (Wildman–Crippen MR) is 91.6 cm³/mol. The molecule has 3 heteroatoms. The van der Waals surface area contributed by atoms with E-state index in [0.29, 0.717) is 5.92 Å². The van der Waals surface area contributed by atoms with Crippen molar-refractivity contribution in [3.05, 3.63) is 59.7 Å². The molecule has 2 aromatic rings. The molecule has 2 N–H and O–H groups in total. The average Bonchev–Trinajstić information content (AvgIpc) is 3.39. The van der Waals surface area contributed by atoms with Crippen LogP contribution in [-0.4, -0.2) is 11.9 Å². The lowest BCUT2D eigenvalue weighted by Gasteiger charge is -2.34. The van der Waals surface area contributed by atoms with Crippen LogP contribution in [0.3, 0.4) is 0 Å². The molecule has 1 aliphatic carbocycles. The fourth-order valence-electron chi connectivity index (χ4n) is 3.17. The van der Waals surface area contributed by atoms with Gasteiger partial charge in [0.1, 0.15) is 5.84 Å². The van der Waals surface area contributed by atoms with Crippen molar-refractivity contribution in [3.63, 3.8) is 0 Å². The lowest BCUT2D eigenvalue weighted by molar-refractivity contribution is 0.720. The topological polar surface area (TPSA) is 41.6 Å². The summed E-state index contributed by atoms with van der Waals surface area (Å²) >= 11 is 0. The molecule has 22 heavy (non-hydrogen) atoms. The maximum atomic E-state index is 6.50. The SMILES string of the molecule is Cc1cccc2c1CN(c1ccccc1)C([C@@H](N)C1CC1)=N2. The second kappa shape index (κ2) is 5.25. The Labute approximate surface area is 131 Å². The Morgan fingerprint density at radius 1 is 1.09 bits per heavy atom. The number of hydrogen-bond donors (Lipinski definition) is 1. The number of benzene rings is 2. The van der Waals surface area contributed by atoms with E-state index in [1.54, 1.807) is 0 Å². The van der Waals surface area contributed by atoms with E-state index in [1.165, 1.54) is 29.7 Å². The molecule has 1 heterocycles. The van der Waals surface area contributed by atoms with Gasteiger partial charge in [0.05, 0.1) is 18.3 Å². The van der Waals surface area contributed by atoms with Crippen LogP contribution in [0.25, 0.3) is 0 Å². The van der Waals surface area contributed by atoms with Crippen molar-refractivity contribution in [2.24, 2.45) is 16.6 Å². The van der Waals surface area contributed by atoms with Gasteiger partial charge in [-0.05, 0) is 49.4 Å². The summed E-state index contributed by atoms with van der Waals surface area (Å²) in [4.78, 5) is 7.23. The molecule has 0 bridgehead atoms. The van der Waals surface area contributed by atoms with Gasteiger partial charge in [-0.25, -0.2) is 4.99 Å². The molecule has 2 aromatic carbocycles. The molecule has 2 aliphatic rings. The first kappa shape index (κ1) is 13.5. The van der Waals surface area contributed by atoms with Gasteiger partial charge in [0.15, 0.2) is 0 Å². The Balaban J connectivity index is 1.81. The zero-order valence-corrected chi connectivity index (χ0v) is 12.9. The second-order valence-electron chi connectivity index (χ2n) is 6.33. The number of aryl methyl sites for hydroxylation is 1. The predicted octanol–water partition coefficient (Wildman–Crippen LogP) is 3.78. The first-order chi connectivity index (χ1) is 10.7. The van der Waals surface area contributed by atoms with E-state index in [9.17, 15) is 0 Å². The lowest BCUT2D eigenvalue weighted by atomic mass is 10.0. The van der Waals surface area contributed by atoms with E-state index in [2.05, 4.69) is 54.3 Å². The third kappa shape index (κ3) is 2.32. The number of anilines is 1. The molecule has 4 rings (SSSR count). The van der Waals surface area contributed by atoms with E-state index in [0.717, 1.165) is 18.1 Å². The molecule has 1 saturated carbocycles. The van der Waals surface area contributed by atoms with Crippen LogP contribution in [0.5, 0.6) is 0 Å². The van der Waals surface area contributed by atoms with Gasteiger partial charge in [-0.1, -0.05) is 30.3 Å². The number of hydrogen-bond acceptors (Lipinski definition) is 3. The van der Waals surface area contributed by atoms with Crippen molar-refractivity contribution in [3.8, 4) is 0 Å². The van der Waals surface area contributed by atoms with Crippen LogP contribution in [0.1, 0.15) is 24.0 Å². The van der Waals surface area contributed by atoms with Crippen LogP contribution in [0, 0.1) is 12.8 Å². The largest absolute Gasteiger partial charge is 0.324 e. The highest BCUT2D eigenvalue weighted by Crippen LogP contribution is 2.37. The van der Waals surface area contributed by atoms with Crippen LogP contribution in [0.4, 0.5) is 11.4 Å². The molecule has 0 spiro atoms. The molecular weight excluding hydrogens is 270 g/mol. The van der Waals surface area contributed by atoms with Gasteiger partial charge in [0, 0.05) is 11.3 Å². The van der Waals surface area contributed by atoms with Crippen LogP contribution in [0.2, 0.25) is 0 Å². The highest BCUT2D eigenvalue weighted by atomic mass is 15.2. The highest BCUT2D eigenvalue weighted by Gasteiger charge is 2.36. The zero-order chi connectivity index (χ0) is 15.1. The maximum Gasteiger partial charge on any atom is 0.127 e. The van der Waals surface area contributed by atoms with Gasteiger partial charge >= 0.3 is 0 Å². The molecule has 0 amide bonds. The van der Waals surface area contributed by atoms with Crippen molar-refractivity contribution in [2.75, 3.05) is 4.90 Å². The van der Waals surface area contributed by atoms with E-state index in [1.807, 2.05) is 6.07 Å². The number of nitrogens with zero attached hydrogens (tertiary/aromatic N) is 2. The standard InChI is InChI=1S/C19H21N3/c1-13-6-5-9-17-16(13)12-22(15-7-3-2-4-8-15)19(21-17)18(20)14-10-11-14/h2-9,14,18H,10-12,20H2,1H3/t18-/m0/s1. The minimum Gasteiger partial charge on any atom is -0.324 e. The van der Waals surface area contributed by atoms with Crippen LogP contribution in [0.15, 0.2) is 53.5 Å². The van der Waals surface area contributed by atoms with Crippen LogP contribution in [-0.2, 0) is 6.54 Å². The summed E-state index contributed by atoms with van der Waals surface area (Å²) in [5, 5.41) is 0. The molecule has 0 unspecified atom stereocenters. The Morgan fingerprint density at radius 3 is 2.59 bits per heavy atom. The molecule has 1 atom stereocenters. The normalized spacial score (nSPS) is 18.6. The van der Waals surface area contributed by atoms with Gasteiger partial charge < -0.3 is 10.6 Å². The van der Waals surface area contributed by atoms with Gasteiger partial charge in [-0.15, -0.1) is 0 Å². The van der Waals surface area contributed by atoms with E-state index >= 15 is 0 Å². The number of fused-ring (bicyclic) bond motifs is 1. The van der Waals surface area contributed by atoms with Crippen LogP contribution >= 0.6 is 0 Å². The third-order valence-corrected chi connectivity index (χ3v) is 4.71. The molecule has 0 aromatic heterocycles. The van der Waals surface area contributed by atoms with Crippen molar-refractivity contribution < 1.29 is 0 Å². The maximum absolute atomic E-state index is 6.50. The molecule has 1 aliphatic heterocycles. The minimum atomic E-state index is 0.0360. The van der Waals surface area contributed by atoms with Gasteiger partial charge in [-0.3, -0.25) is 0 Å². The average molecular weight is 291 g/mol. The third-order valence-electron chi connectivity index (χ3n) is 4.71. The lowest BCUT2D eigenvalue weighted by Crippen LogP contribution is -2.46. The summed E-state index contributed by atoms with van der Waals surface area (Å²) in [5.41, 5.74) is 11.4. The summed E-state index contributed by atoms with van der Waals surface area (Å²) in [7, 11) is 0. The zero-order valence-electron chi connectivity index (χ0n) is 12.9. The van der Waals surface area contributed by atoms with Gasteiger partial charge in [-0.2, -0.15) is 0 Å². The van der Waals surface area contributed by atoms with E-state index in [4.69, 9.17) is 10.7 Å². The van der Waals surface area contributed by atoms with Gasteiger partial charge in [0.2, 0.25) is 0 Å². The smallest absolute Gasteiger partial charge is 0.127 e. The molecule has 112 valence electrons. The van der Waals surface area contributed by atoms with E-state index in [-0.39, 0.29) is 6.04 Å². The quantitative estimate of drug-likeness (QED) is 0.935. The van der Waals surface area contributed by atoms with Crippen molar-refractivity contribution in [1.82, 2.24) is 0 Å². The summed E-state index contributed by atoms with van der Waals surface area (Å²) in [6, 6.07) is 16.8. The Morgan fingerprint density at radius 2 is 1.86 bits per heavy atom. The fraction of sp³-hybridized carbons (Fsp3) is 0.316. The fourth-order valence-corrected chi connectivity index (χ4v) is 3.17. The van der Waals surface area contributed by atoms with Crippen molar-refractivity contribution in [1.29, 1.82) is 0 Å². The minimum absolute atomic E-state index is 0.0360. The molecule has 3 nitrogen and oxygen atoms in total. The van der Waals surface area contributed by atoms with Gasteiger partial charge in [0.25, 0.3) is 0 Å². The van der Waals surface area contributed by atoms with Crippen LogP contribution < -0.4 is 10.6 Å². The number of amidine groups is 1. The number of aliphatic imine (C=N–C) groups is 1. The van der Waals surface area contributed by atoms with Crippen molar-refractivity contribution in [2.45, 2.75) is 32.4 Å². The number of para-hydroxylation sites is 1.